The summed E-state index contributed by atoms with van der Waals surface area (Å²) in [5.74, 6) is 0.732. The maximum absolute atomic E-state index is 12.6. The molecule has 0 aromatic heterocycles. The van der Waals surface area contributed by atoms with Crippen molar-refractivity contribution in [1.82, 2.24) is 9.80 Å². The van der Waals surface area contributed by atoms with Crippen LogP contribution in [0.5, 0.6) is 0 Å². The lowest BCUT2D eigenvalue weighted by Gasteiger charge is -2.37. The van der Waals surface area contributed by atoms with Crippen molar-refractivity contribution in [2.45, 2.75) is 18.9 Å². The lowest BCUT2D eigenvalue weighted by Crippen LogP contribution is -2.52. The van der Waals surface area contributed by atoms with Crippen molar-refractivity contribution < 1.29 is 13.2 Å². The predicted octanol–water partition coefficient (Wildman–Crippen LogP) is 1.71. The van der Waals surface area contributed by atoms with E-state index in [4.69, 9.17) is 0 Å². The SMILES string of the molecule is O=C(Cc1ccc2ccccc2c1)N1CCN(C2CCS(=O)(=O)C2)CC1. The molecule has 0 saturated carbocycles. The van der Waals surface area contributed by atoms with E-state index in [0.717, 1.165) is 30.5 Å². The summed E-state index contributed by atoms with van der Waals surface area (Å²) in [6.07, 6.45) is 1.15. The third kappa shape index (κ3) is 3.76. The van der Waals surface area contributed by atoms with Crippen molar-refractivity contribution in [3.05, 3.63) is 48.0 Å². The first-order valence-corrected chi connectivity index (χ1v) is 11.0. The number of rotatable bonds is 3. The summed E-state index contributed by atoms with van der Waals surface area (Å²) in [5.41, 5.74) is 1.04. The minimum atomic E-state index is -2.86. The van der Waals surface area contributed by atoms with Gasteiger partial charge in [0.25, 0.3) is 0 Å². The van der Waals surface area contributed by atoms with E-state index in [9.17, 15) is 13.2 Å². The lowest BCUT2D eigenvalue weighted by atomic mass is 10.0. The van der Waals surface area contributed by atoms with Crippen LogP contribution in [-0.4, -0.2) is 67.9 Å². The molecule has 5 nitrogen and oxygen atoms in total. The summed E-state index contributed by atoms with van der Waals surface area (Å²) in [7, 11) is -2.86. The second-order valence-electron chi connectivity index (χ2n) is 7.33. The Labute approximate surface area is 154 Å². The van der Waals surface area contributed by atoms with E-state index in [1.807, 2.05) is 23.1 Å². The quantitative estimate of drug-likeness (QED) is 0.823. The smallest absolute Gasteiger partial charge is 0.227 e. The van der Waals surface area contributed by atoms with Gasteiger partial charge in [0.05, 0.1) is 17.9 Å². The number of piperazine rings is 1. The van der Waals surface area contributed by atoms with Crippen molar-refractivity contribution in [2.24, 2.45) is 0 Å². The lowest BCUT2D eigenvalue weighted by molar-refractivity contribution is -0.132. The number of carbonyl (C=O) groups excluding carboxylic acids is 1. The van der Waals surface area contributed by atoms with Crippen LogP contribution >= 0.6 is 0 Å². The number of fused-ring (bicyclic) bond motifs is 1. The molecule has 1 amide bonds. The number of hydrogen-bond acceptors (Lipinski definition) is 4. The fourth-order valence-corrected chi connectivity index (χ4v) is 5.80. The van der Waals surface area contributed by atoms with Gasteiger partial charge in [-0.1, -0.05) is 42.5 Å². The first-order chi connectivity index (χ1) is 12.5. The van der Waals surface area contributed by atoms with E-state index in [1.165, 1.54) is 5.39 Å². The number of sulfone groups is 1. The Morgan fingerprint density at radius 2 is 1.73 bits per heavy atom. The van der Waals surface area contributed by atoms with Gasteiger partial charge < -0.3 is 4.90 Å². The minimum absolute atomic E-state index is 0.137. The summed E-state index contributed by atoms with van der Waals surface area (Å²) in [4.78, 5) is 16.8. The zero-order valence-corrected chi connectivity index (χ0v) is 15.6. The van der Waals surface area contributed by atoms with Crippen molar-refractivity contribution in [3.8, 4) is 0 Å². The Kier molecular flexibility index (Phi) is 4.71. The molecule has 2 heterocycles. The van der Waals surface area contributed by atoms with Gasteiger partial charge >= 0.3 is 0 Å². The number of carbonyl (C=O) groups is 1. The Bertz CT molecular complexity index is 918. The molecule has 6 heteroatoms. The Morgan fingerprint density at radius 3 is 2.42 bits per heavy atom. The Balaban J connectivity index is 1.34. The van der Waals surface area contributed by atoms with E-state index in [2.05, 4.69) is 29.2 Å². The highest BCUT2D eigenvalue weighted by atomic mass is 32.2. The van der Waals surface area contributed by atoms with Gasteiger partial charge in [-0.3, -0.25) is 9.69 Å². The van der Waals surface area contributed by atoms with Gasteiger partial charge in [0.15, 0.2) is 9.84 Å². The van der Waals surface area contributed by atoms with Gasteiger partial charge in [0.1, 0.15) is 0 Å². The molecule has 2 aliphatic heterocycles. The number of benzene rings is 2. The Morgan fingerprint density at radius 1 is 1.00 bits per heavy atom. The Hall–Kier alpha value is -1.92. The standard InChI is InChI=1S/C20H24N2O3S/c23-20(14-16-5-6-17-3-1-2-4-18(17)13-16)22-10-8-21(9-11-22)19-7-12-26(24,25)15-19/h1-6,13,19H,7-12,14-15H2. The fraction of sp³-hybridized carbons (Fsp3) is 0.450. The van der Waals surface area contributed by atoms with E-state index in [1.54, 1.807) is 0 Å². The first kappa shape index (κ1) is 17.5. The highest BCUT2D eigenvalue weighted by Crippen LogP contribution is 2.20. The molecule has 0 radical (unpaired) electrons. The maximum atomic E-state index is 12.6. The molecule has 2 saturated heterocycles. The second kappa shape index (κ2) is 7.00. The predicted molar refractivity (Wildman–Crippen MR) is 103 cm³/mol. The molecule has 2 aliphatic rings. The molecule has 1 unspecified atom stereocenters. The molecule has 4 rings (SSSR count). The monoisotopic (exact) mass is 372 g/mol. The van der Waals surface area contributed by atoms with Gasteiger partial charge in [-0.25, -0.2) is 8.42 Å². The van der Waals surface area contributed by atoms with Crippen LogP contribution in [0.2, 0.25) is 0 Å². The summed E-state index contributed by atoms with van der Waals surface area (Å²) >= 11 is 0. The third-order valence-corrected chi connectivity index (χ3v) is 7.31. The van der Waals surface area contributed by atoms with Gasteiger partial charge in [-0.15, -0.1) is 0 Å². The van der Waals surface area contributed by atoms with Gasteiger partial charge in [-0.2, -0.15) is 0 Å². The average molecular weight is 372 g/mol. The van der Waals surface area contributed by atoms with E-state index < -0.39 is 9.84 Å². The normalized spacial score (nSPS) is 23.4. The number of hydrogen-bond donors (Lipinski definition) is 0. The summed E-state index contributed by atoms with van der Waals surface area (Å²) in [6.45, 7) is 2.90. The maximum Gasteiger partial charge on any atom is 0.227 e. The fourth-order valence-electron chi connectivity index (χ4n) is 4.04. The average Bonchev–Trinajstić information content (AvgIpc) is 3.01. The van der Waals surface area contributed by atoms with Crippen LogP contribution in [0.25, 0.3) is 10.8 Å². The van der Waals surface area contributed by atoms with E-state index in [-0.39, 0.29) is 17.7 Å². The van der Waals surface area contributed by atoms with Crippen molar-refractivity contribution >= 4 is 26.5 Å². The first-order valence-electron chi connectivity index (χ1n) is 9.20. The largest absolute Gasteiger partial charge is 0.340 e. The zero-order valence-electron chi connectivity index (χ0n) is 14.8. The van der Waals surface area contributed by atoms with Crippen molar-refractivity contribution in [2.75, 3.05) is 37.7 Å². The van der Waals surface area contributed by atoms with Crippen LogP contribution in [0.4, 0.5) is 0 Å². The van der Waals surface area contributed by atoms with E-state index in [0.29, 0.717) is 25.3 Å². The molecular formula is C20H24N2O3S. The van der Waals surface area contributed by atoms with Crippen LogP contribution in [0, 0.1) is 0 Å². The topological polar surface area (TPSA) is 57.7 Å². The molecular weight excluding hydrogens is 348 g/mol. The molecule has 138 valence electrons. The minimum Gasteiger partial charge on any atom is -0.340 e. The third-order valence-electron chi connectivity index (χ3n) is 5.56. The number of nitrogens with zero attached hydrogens (tertiary/aromatic N) is 2. The highest BCUT2D eigenvalue weighted by Gasteiger charge is 2.34. The molecule has 26 heavy (non-hydrogen) atoms. The van der Waals surface area contributed by atoms with Crippen molar-refractivity contribution in [1.29, 1.82) is 0 Å². The number of amides is 1. The van der Waals surface area contributed by atoms with Crippen LogP contribution in [0.15, 0.2) is 42.5 Å². The molecule has 2 aromatic rings. The molecule has 0 N–H and O–H groups in total. The van der Waals surface area contributed by atoms with Crippen LogP contribution in [-0.2, 0) is 21.1 Å². The van der Waals surface area contributed by atoms with E-state index >= 15 is 0 Å². The van der Waals surface area contributed by atoms with Gasteiger partial charge in [-0.05, 0) is 22.8 Å². The van der Waals surface area contributed by atoms with Gasteiger partial charge in [0, 0.05) is 32.2 Å². The van der Waals surface area contributed by atoms with Crippen molar-refractivity contribution in [3.63, 3.8) is 0 Å². The van der Waals surface area contributed by atoms with Crippen LogP contribution in [0.3, 0.4) is 0 Å². The van der Waals surface area contributed by atoms with Crippen LogP contribution < -0.4 is 0 Å². The summed E-state index contributed by atoms with van der Waals surface area (Å²) < 4.78 is 23.3. The molecule has 0 aliphatic carbocycles. The highest BCUT2D eigenvalue weighted by molar-refractivity contribution is 7.91. The molecule has 1 atom stereocenters. The second-order valence-corrected chi connectivity index (χ2v) is 9.56. The molecule has 0 bridgehead atoms. The molecule has 2 aromatic carbocycles. The van der Waals surface area contributed by atoms with Gasteiger partial charge in [0.2, 0.25) is 5.91 Å². The summed E-state index contributed by atoms with van der Waals surface area (Å²) in [6, 6.07) is 14.5. The van der Waals surface area contributed by atoms with Crippen LogP contribution in [0.1, 0.15) is 12.0 Å². The zero-order chi connectivity index (χ0) is 18.1. The molecule has 2 fully saturated rings. The molecule has 0 spiro atoms. The summed E-state index contributed by atoms with van der Waals surface area (Å²) in [5, 5.41) is 2.34.